The second-order valence-electron chi connectivity index (χ2n) is 7.00. The molecular weight excluding hydrogens is 302 g/mol. The summed E-state index contributed by atoms with van der Waals surface area (Å²) in [6.07, 6.45) is 2.13. The molecule has 6 nitrogen and oxygen atoms in total. The molecule has 1 saturated heterocycles. The number of benzene rings is 1. The number of likely N-dealkylation sites (tertiary alicyclic amines) is 1. The number of rotatable bonds is 4. The van der Waals surface area contributed by atoms with Crippen LogP contribution in [0.1, 0.15) is 39.7 Å². The van der Waals surface area contributed by atoms with Gasteiger partial charge in [0.25, 0.3) is 0 Å². The predicted molar refractivity (Wildman–Crippen MR) is 92.1 cm³/mol. The van der Waals surface area contributed by atoms with Gasteiger partial charge in [-0.15, -0.1) is 10.2 Å². The molecule has 0 saturated carbocycles. The van der Waals surface area contributed by atoms with Gasteiger partial charge in [0.2, 0.25) is 11.7 Å². The van der Waals surface area contributed by atoms with E-state index in [1.165, 1.54) is 4.80 Å². The van der Waals surface area contributed by atoms with Crippen LogP contribution in [0.4, 0.5) is 0 Å². The van der Waals surface area contributed by atoms with Crippen LogP contribution in [0.2, 0.25) is 0 Å². The molecule has 2 heterocycles. The first kappa shape index (κ1) is 16.6. The lowest BCUT2D eigenvalue weighted by atomic mass is 9.97. The summed E-state index contributed by atoms with van der Waals surface area (Å²) < 4.78 is 0. The minimum Gasteiger partial charge on any atom is -0.341 e. The molecule has 0 bridgehead atoms. The second-order valence-corrected chi connectivity index (χ2v) is 7.00. The van der Waals surface area contributed by atoms with Gasteiger partial charge < -0.3 is 4.90 Å². The summed E-state index contributed by atoms with van der Waals surface area (Å²) >= 11 is 0. The van der Waals surface area contributed by atoms with Gasteiger partial charge in [-0.2, -0.15) is 4.80 Å². The fourth-order valence-corrected chi connectivity index (χ4v) is 3.11. The number of hydrogen-bond acceptors (Lipinski definition) is 4. The van der Waals surface area contributed by atoms with Crippen molar-refractivity contribution in [1.29, 1.82) is 0 Å². The van der Waals surface area contributed by atoms with E-state index in [0.29, 0.717) is 11.7 Å². The molecule has 128 valence electrons. The Morgan fingerprint density at radius 3 is 2.46 bits per heavy atom. The van der Waals surface area contributed by atoms with Crippen LogP contribution >= 0.6 is 0 Å². The van der Waals surface area contributed by atoms with E-state index in [1.807, 2.05) is 49.1 Å². The monoisotopic (exact) mass is 327 g/mol. The van der Waals surface area contributed by atoms with Gasteiger partial charge in [-0.1, -0.05) is 51.1 Å². The van der Waals surface area contributed by atoms with Gasteiger partial charge in [-0.05, 0) is 29.9 Å². The zero-order valence-corrected chi connectivity index (χ0v) is 14.6. The molecule has 0 radical (unpaired) electrons. The molecule has 24 heavy (non-hydrogen) atoms. The molecule has 1 aromatic heterocycles. The van der Waals surface area contributed by atoms with E-state index in [2.05, 4.69) is 22.3 Å². The highest BCUT2D eigenvalue weighted by atomic mass is 16.2. The van der Waals surface area contributed by atoms with Crippen molar-refractivity contribution in [3.63, 3.8) is 0 Å². The number of nitrogens with zero attached hydrogens (tertiary/aromatic N) is 5. The lowest BCUT2D eigenvalue weighted by molar-refractivity contribution is -0.138. The molecular formula is C18H25N5O. The Bertz CT molecular complexity index is 674. The SMILES string of the molecule is CC1CCN(C(=O)C(C(C)C)n2nnc(-c3ccccc3)n2)CC1. The lowest BCUT2D eigenvalue weighted by Crippen LogP contribution is -2.44. The molecule has 1 unspecified atom stereocenters. The van der Waals surface area contributed by atoms with Crippen LogP contribution in [0, 0.1) is 11.8 Å². The second kappa shape index (κ2) is 7.11. The molecule has 1 aliphatic rings. The maximum Gasteiger partial charge on any atom is 0.249 e. The summed E-state index contributed by atoms with van der Waals surface area (Å²) in [5.74, 6) is 1.46. The summed E-state index contributed by atoms with van der Waals surface area (Å²) in [7, 11) is 0. The van der Waals surface area contributed by atoms with Crippen LogP contribution < -0.4 is 0 Å². The van der Waals surface area contributed by atoms with Crippen LogP contribution in [0.5, 0.6) is 0 Å². The molecule has 1 aromatic carbocycles. The van der Waals surface area contributed by atoms with Gasteiger partial charge in [-0.25, -0.2) is 0 Å². The molecule has 0 spiro atoms. The van der Waals surface area contributed by atoms with Crippen LogP contribution in [-0.2, 0) is 4.79 Å². The van der Waals surface area contributed by atoms with E-state index >= 15 is 0 Å². The first-order chi connectivity index (χ1) is 11.6. The summed E-state index contributed by atoms with van der Waals surface area (Å²) in [6, 6.07) is 9.32. The number of hydrogen-bond donors (Lipinski definition) is 0. The van der Waals surface area contributed by atoms with Gasteiger partial charge in [-0.3, -0.25) is 4.79 Å². The Labute approximate surface area is 142 Å². The number of piperidine rings is 1. The lowest BCUT2D eigenvalue weighted by Gasteiger charge is -2.33. The molecule has 0 N–H and O–H groups in total. The van der Waals surface area contributed by atoms with Crippen LogP contribution in [0.15, 0.2) is 30.3 Å². The normalized spacial score (nSPS) is 17.2. The molecule has 1 amide bonds. The number of aromatic nitrogens is 4. The molecule has 1 atom stereocenters. The summed E-state index contributed by atoms with van der Waals surface area (Å²) in [5, 5.41) is 12.8. The third-order valence-corrected chi connectivity index (χ3v) is 4.69. The fraction of sp³-hybridized carbons (Fsp3) is 0.556. The Morgan fingerprint density at radius 1 is 1.17 bits per heavy atom. The minimum atomic E-state index is -0.400. The third-order valence-electron chi connectivity index (χ3n) is 4.69. The Balaban J connectivity index is 1.81. The molecule has 6 heteroatoms. The Kier molecular flexibility index (Phi) is 4.92. The Hall–Kier alpha value is -2.24. The van der Waals surface area contributed by atoms with E-state index in [4.69, 9.17) is 0 Å². The van der Waals surface area contributed by atoms with Crippen LogP contribution in [-0.4, -0.2) is 44.1 Å². The number of tetrazole rings is 1. The fourth-order valence-electron chi connectivity index (χ4n) is 3.11. The maximum atomic E-state index is 13.0. The standard InChI is InChI=1S/C18H25N5O/c1-13(2)16(18(24)22-11-9-14(3)10-12-22)23-20-17(19-21-23)15-7-5-4-6-8-15/h4-8,13-14,16H,9-12H2,1-3H3. The maximum absolute atomic E-state index is 13.0. The van der Waals surface area contributed by atoms with Crippen molar-refractivity contribution in [1.82, 2.24) is 25.1 Å². The van der Waals surface area contributed by atoms with E-state index in [1.54, 1.807) is 0 Å². The van der Waals surface area contributed by atoms with Crippen molar-refractivity contribution in [3.05, 3.63) is 30.3 Å². The number of amides is 1. The quantitative estimate of drug-likeness (QED) is 0.866. The largest absolute Gasteiger partial charge is 0.341 e. The molecule has 1 fully saturated rings. The van der Waals surface area contributed by atoms with Gasteiger partial charge in [0.05, 0.1) is 0 Å². The van der Waals surface area contributed by atoms with E-state index < -0.39 is 6.04 Å². The minimum absolute atomic E-state index is 0.105. The highest BCUT2D eigenvalue weighted by Crippen LogP contribution is 2.24. The van der Waals surface area contributed by atoms with Crippen LogP contribution in [0.25, 0.3) is 11.4 Å². The summed E-state index contributed by atoms with van der Waals surface area (Å²) in [6.45, 7) is 7.95. The zero-order valence-electron chi connectivity index (χ0n) is 14.6. The molecule has 1 aliphatic heterocycles. The summed E-state index contributed by atoms with van der Waals surface area (Å²) in [4.78, 5) is 16.4. The average Bonchev–Trinajstić information content (AvgIpc) is 3.05. The summed E-state index contributed by atoms with van der Waals surface area (Å²) in [5.41, 5.74) is 0.908. The van der Waals surface area contributed by atoms with Gasteiger partial charge in [0.1, 0.15) is 0 Å². The smallest absolute Gasteiger partial charge is 0.249 e. The molecule has 2 aromatic rings. The van der Waals surface area contributed by atoms with E-state index in [9.17, 15) is 4.79 Å². The van der Waals surface area contributed by atoms with Gasteiger partial charge in [0.15, 0.2) is 6.04 Å². The van der Waals surface area contributed by atoms with Crippen molar-refractivity contribution < 1.29 is 4.79 Å². The van der Waals surface area contributed by atoms with Crippen molar-refractivity contribution in [3.8, 4) is 11.4 Å². The average molecular weight is 327 g/mol. The molecule has 3 rings (SSSR count). The first-order valence-electron chi connectivity index (χ1n) is 8.70. The van der Waals surface area contributed by atoms with E-state index in [-0.39, 0.29) is 11.8 Å². The zero-order chi connectivity index (χ0) is 17.1. The van der Waals surface area contributed by atoms with Crippen molar-refractivity contribution in [2.45, 2.75) is 39.7 Å². The third kappa shape index (κ3) is 3.47. The van der Waals surface area contributed by atoms with Crippen LogP contribution in [0.3, 0.4) is 0 Å². The van der Waals surface area contributed by atoms with Gasteiger partial charge >= 0.3 is 0 Å². The van der Waals surface area contributed by atoms with E-state index in [0.717, 1.165) is 31.5 Å². The van der Waals surface area contributed by atoms with Gasteiger partial charge in [0, 0.05) is 18.7 Å². The predicted octanol–water partition coefficient (Wildman–Crippen LogP) is 2.80. The number of carbonyl (C=O) groups excluding carboxylic acids is 1. The Morgan fingerprint density at radius 2 is 1.83 bits per heavy atom. The molecule has 0 aliphatic carbocycles. The van der Waals surface area contributed by atoms with Crippen molar-refractivity contribution in [2.24, 2.45) is 11.8 Å². The number of carbonyl (C=O) groups is 1. The van der Waals surface area contributed by atoms with Crippen molar-refractivity contribution >= 4 is 5.91 Å². The van der Waals surface area contributed by atoms with Crippen molar-refractivity contribution in [2.75, 3.05) is 13.1 Å². The highest BCUT2D eigenvalue weighted by Gasteiger charge is 2.32. The first-order valence-corrected chi connectivity index (χ1v) is 8.70. The highest BCUT2D eigenvalue weighted by molar-refractivity contribution is 5.80. The topological polar surface area (TPSA) is 63.9 Å².